The molecular weight excluding hydrogens is 394 g/mol. The third-order valence-corrected chi connectivity index (χ3v) is 5.22. The Balaban J connectivity index is 1.45. The fourth-order valence-electron chi connectivity index (χ4n) is 3.66. The Morgan fingerprint density at radius 1 is 1.16 bits per heavy atom. The monoisotopic (exact) mass is 415 g/mol. The lowest BCUT2D eigenvalue weighted by Gasteiger charge is -2.31. The Labute approximate surface area is 179 Å². The molecule has 1 aromatic heterocycles. The van der Waals surface area contributed by atoms with Crippen molar-refractivity contribution in [3.05, 3.63) is 65.5 Å². The average molecular weight is 415 g/mol. The second kappa shape index (κ2) is 8.79. The minimum Gasteiger partial charge on any atom is -0.339 e. The van der Waals surface area contributed by atoms with E-state index in [0.29, 0.717) is 41.6 Å². The van der Waals surface area contributed by atoms with Gasteiger partial charge in [0.2, 0.25) is 17.6 Å². The fraction of sp³-hybridized carbons (Fsp3) is 0.261. The highest BCUT2D eigenvalue weighted by molar-refractivity contribution is 5.94. The topological polar surface area (TPSA) is 112 Å². The van der Waals surface area contributed by atoms with Gasteiger partial charge in [0.1, 0.15) is 0 Å². The Bertz CT molecular complexity index is 1130. The highest BCUT2D eigenvalue weighted by atomic mass is 16.5. The van der Waals surface area contributed by atoms with Crippen molar-refractivity contribution < 1.29 is 14.1 Å². The summed E-state index contributed by atoms with van der Waals surface area (Å²) in [5, 5.41) is 15.7. The number of hydrogen-bond acceptors (Lipinski definition) is 6. The van der Waals surface area contributed by atoms with E-state index in [1.165, 1.54) is 6.92 Å². The summed E-state index contributed by atoms with van der Waals surface area (Å²) < 4.78 is 5.51. The summed E-state index contributed by atoms with van der Waals surface area (Å²) in [6.45, 7) is 2.63. The highest BCUT2D eigenvalue weighted by Gasteiger charge is 2.29. The van der Waals surface area contributed by atoms with Crippen LogP contribution in [-0.4, -0.2) is 39.9 Å². The molecular formula is C23H21N5O3. The fourth-order valence-corrected chi connectivity index (χ4v) is 3.66. The van der Waals surface area contributed by atoms with Crippen LogP contribution in [-0.2, 0) is 4.79 Å². The van der Waals surface area contributed by atoms with Crippen molar-refractivity contribution >= 4 is 17.5 Å². The van der Waals surface area contributed by atoms with Gasteiger partial charge in [0.25, 0.3) is 5.91 Å². The number of nitriles is 1. The van der Waals surface area contributed by atoms with Gasteiger partial charge in [-0.05, 0) is 61.4 Å². The number of piperidine rings is 1. The van der Waals surface area contributed by atoms with Crippen LogP contribution in [0.4, 0.5) is 5.69 Å². The number of hydrogen-bond donors (Lipinski definition) is 1. The molecule has 2 aromatic carbocycles. The molecule has 3 aromatic rings. The van der Waals surface area contributed by atoms with E-state index >= 15 is 0 Å². The number of rotatable bonds is 4. The van der Waals surface area contributed by atoms with Crippen LogP contribution in [0, 0.1) is 11.3 Å². The normalized spacial score (nSPS) is 15.9. The Morgan fingerprint density at radius 2 is 1.90 bits per heavy atom. The predicted octanol–water partition coefficient (Wildman–Crippen LogP) is 3.59. The van der Waals surface area contributed by atoms with Gasteiger partial charge in [-0.25, -0.2) is 0 Å². The summed E-state index contributed by atoms with van der Waals surface area (Å²) in [5.41, 5.74) is 2.57. The molecule has 1 aliphatic rings. The number of nitrogens with zero attached hydrogens (tertiary/aromatic N) is 4. The van der Waals surface area contributed by atoms with Gasteiger partial charge < -0.3 is 14.7 Å². The Hall–Kier alpha value is -3.99. The Kier molecular flexibility index (Phi) is 5.76. The lowest BCUT2D eigenvalue weighted by atomic mass is 9.97. The van der Waals surface area contributed by atoms with Crippen molar-refractivity contribution in [2.75, 3.05) is 18.4 Å². The van der Waals surface area contributed by atoms with Crippen LogP contribution in [0.1, 0.15) is 47.5 Å². The molecule has 4 rings (SSSR count). The summed E-state index contributed by atoms with van der Waals surface area (Å²) in [6, 6.07) is 15.9. The maximum absolute atomic E-state index is 12.9. The Morgan fingerprint density at radius 3 is 2.58 bits per heavy atom. The molecule has 156 valence electrons. The lowest BCUT2D eigenvalue weighted by molar-refractivity contribution is -0.114. The number of carbonyl (C=O) groups is 2. The van der Waals surface area contributed by atoms with Gasteiger partial charge in [0, 0.05) is 36.8 Å². The highest BCUT2D eigenvalue weighted by Crippen LogP contribution is 2.28. The second-order valence-electron chi connectivity index (χ2n) is 7.49. The first kappa shape index (κ1) is 20.3. The molecule has 0 aliphatic carbocycles. The van der Waals surface area contributed by atoms with Crippen LogP contribution in [0.5, 0.6) is 0 Å². The van der Waals surface area contributed by atoms with E-state index in [4.69, 9.17) is 9.78 Å². The zero-order valence-corrected chi connectivity index (χ0v) is 17.0. The number of amides is 2. The van der Waals surface area contributed by atoms with E-state index in [1.807, 2.05) is 12.1 Å². The number of aromatic nitrogens is 2. The molecule has 1 saturated heterocycles. The van der Waals surface area contributed by atoms with Gasteiger partial charge in [0.05, 0.1) is 17.6 Å². The van der Waals surface area contributed by atoms with E-state index < -0.39 is 0 Å². The molecule has 2 heterocycles. The zero-order chi connectivity index (χ0) is 21.8. The largest absolute Gasteiger partial charge is 0.339 e. The van der Waals surface area contributed by atoms with Gasteiger partial charge >= 0.3 is 0 Å². The number of anilines is 1. The number of benzene rings is 2. The van der Waals surface area contributed by atoms with Crippen LogP contribution in [0.25, 0.3) is 11.4 Å². The van der Waals surface area contributed by atoms with Crippen molar-refractivity contribution in [3.8, 4) is 17.5 Å². The molecule has 0 saturated carbocycles. The van der Waals surface area contributed by atoms with Crippen LogP contribution < -0.4 is 5.32 Å². The molecule has 0 unspecified atom stereocenters. The smallest absolute Gasteiger partial charge is 0.253 e. The predicted molar refractivity (Wildman–Crippen MR) is 113 cm³/mol. The average Bonchev–Trinajstić information content (AvgIpc) is 3.29. The summed E-state index contributed by atoms with van der Waals surface area (Å²) in [4.78, 5) is 30.3. The quantitative estimate of drug-likeness (QED) is 0.697. The number of carbonyl (C=O) groups excluding carboxylic acids is 2. The first-order valence-electron chi connectivity index (χ1n) is 10.0. The van der Waals surface area contributed by atoms with Gasteiger partial charge in [-0.1, -0.05) is 5.16 Å². The van der Waals surface area contributed by atoms with Crippen molar-refractivity contribution in [3.63, 3.8) is 0 Å². The lowest BCUT2D eigenvalue weighted by Crippen LogP contribution is -2.39. The van der Waals surface area contributed by atoms with Crippen LogP contribution >= 0.6 is 0 Å². The zero-order valence-electron chi connectivity index (χ0n) is 17.0. The molecule has 8 nitrogen and oxygen atoms in total. The van der Waals surface area contributed by atoms with E-state index in [2.05, 4.69) is 21.5 Å². The first-order chi connectivity index (χ1) is 15.0. The maximum atomic E-state index is 12.9. The first-order valence-corrected chi connectivity index (χ1v) is 10.0. The molecule has 1 fully saturated rings. The van der Waals surface area contributed by atoms with E-state index in [-0.39, 0.29) is 17.7 Å². The summed E-state index contributed by atoms with van der Waals surface area (Å²) >= 11 is 0. The van der Waals surface area contributed by atoms with Crippen LogP contribution in [0.3, 0.4) is 0 Å². The van der Waals surface area contributed by atoms with Gasteiger partial charge in [-0.3, -0.25) is 9.59 Å². The number of nitrogens with one attached hydrogen (secondary N) is 1. The maximum Gasteiger partial charge on any atom is 0.253 e. The SMILES string of the molecule is CC(=O)Nc1ccc(-c2noc([C@@H]3CCCN(C(=O)c4ccc(C#N)cc4)C3)n2)cc1. The van der Waals surface area contributed by atoms with Gasteiger partial charge in [-0.15, -0.1) is 0 Å². The molecule has 0 bridgehead atoms. The molecule has 0 spiro atoms. The molecule has 1 aliphatic heterocycles. The van der Waals surface area contributed by atoms with Gasteiger partial charge in [0.15, 0.2) is 0 Å². The summed E-state index contributed by atoms with van der Waals surface area (Å²) in [6.07, 6.45) is 1.70. The van der Waals surface area contributed by atoms with Crippen molar-refractivity contribution in [1.82, 2.24) is 15.0 Å². The summed E-state index contributed by atoms with van der Waals surface area (Å²) in [7, 11) is 0. The van der Waals surface area contributed by atoms with Crippen LogP contribution in [0.15, 0.2) is 53.1 Å². The number of likely N-dealkylation sites (tertiary alicyclic amines) is 1. The molecule has 0 radical (unpaired) electrons. The standard InChI is InChI=1S/C23H21N5O3/c1-15(29)25-20-10-8-17(9-11-20)21-26-22(31-27-21)19-3-2-12-28(14-19)23(30)18-6-4-16(13-24)5-7-18/h4-11,19H,2-3,12,14H2,1H3,(H,25,29)/t19-/m1/s1. The van der Waals surface area contributed by atoms with Crippen LogP contribution in [0.2, 0.25) is 0 Å². The van der Waals surface area contributed by atoms with Crippen molar-refractivity contribution in [2.24, 2.45) is 0 Å². The van der Waals surface area contributed by atoms with Gasteiger partial charge in [-0.2, -0.15) is 10.2 Å². The molecule has 1 atom stereocenters. The molecule has 1 N–H and O–H groups in total. The van der Waals surface area contributed by atoms with E-state index in [9.17, 15) is 9.59 Å². The molecule has 8 heteroatoms. The minimum atomic E-state index is -0.132. The van der Waals surface area contributed by atoms with E-state index in [1.54, 1.807) is 41.3 Å². The van der Waals surface area contributed by atoms with Crippen molar-refractivity contribution in [1.29, 1.82) is 5.26 Å². The third kappa shape index (κ3) is 4.61. The second-order valence-corrected chi connectivity index (χ2v) is 7.49. The minimum absolute atomic E-state index is 0.0315. The molecule has 31 heavy (non-hydrogen) atoms. The molecule has 2 amide bonds. The van der Waals surface area contributed by atoms with Crippen molar-refractivity contribution in [2.45, 2.75) is 25.7 Å². The summed E-state index contributed by atoms with van der Waals surface area (Å²) in [5.74, 6) is 0.753. The third-order valence-electron chi connectivity index (χ3n) is 5.22. The van der Waals surface area contributed by atoms with E-state index in [0.717, 1.165) is 18.4 Å².